The van der Waals surface area contributed by atoms with E-state index in [1.54, 1.807) is 0 Å². The van der Waals surface area contributed by atoms with Crippen molar-refractivity contribution in [3.63, 3.8) is 0 Å². The summed E-state index contributed by atoms with van der Waals surface area (Å²) >= 11 is 3.70. The van der Waals surface area contributed by atoms with Gasteiger partial charge < -0.3 is 9.32 Å². The van der Waals surface area contributed by atoms with Crippen LogP contribution in [0.1, 0.15) is 0 Å². The van der Waals surface area contributed by atoms with Gasteiger partial charge in [0.25, 0.3) is 0 Å². The number of hydrogen-bond acceptors (Lipinski definition) is 4. The van der Waals surface area contributed by atoms with Crippen molar-refractivity contribution in [2.45, 2.75) is 0 Å². The lowest BCUT2D eigenvalue weighted by Gasteiger charge is -2.25. The molecule has 0 aliphatic heterocycles. The van der Waals surface area contributed by atoms with Crippen molar-refractivity contribution in [3.05, 3.63) is 164 Å². The summed E-state index contributed by atoms with van der Waals surface area (Å²) < 4.78 is 11.9. The molecule has 50 heavy (non-hydrogen) atoms. The minimum absolute atomic E-state index is 0.962. The van der Waals surface area contributed by atoms with E-state index in [-0.39, 0.29) is 0 Å². The van der Waals surface area contributed by atoms with E-state index in [0.29, 0.717) is 0 Å². The highest BCUT2D eigenvalue weighted by Gasteiger charge is 2.19. The zero-order valence-electron chi connectivity index (χ0n) is 26.8. The van der Waals surface area contributed by atoms with Gasteiger partial charge in [0.2, 0.25) is 0 Å². The second-order valence-electron chi connectivity index (χ2n) is 12.9. The van der Waals surface area contributed by atoms with Crippen LogP contribution in [0.4, 0.5) is 17.1 Å². The van der Waals surface area contributed by atoms with E-state index < -0.39 is 0 Å². The van der Waals surface area contributed by atoms with Crippen molar-refractivity contribution >= 4 is 113 Å². The molecule has 0 saturated heterocycles. The Balaban J connectivity index is 1.05. The molecule has 0 N–H and O–H groups in total. The van der Waals surface area contributed by atoms with Crippen LogP contribution in [0.5, 0.6) is 0 Å². The molecule has 0 aliphatic rings. The van der Waals surface area contributed by atoms with Crippen LogP contribution < -0.4 is 4.90 Å². The third-order valence-corrected chi connectivity index (χ3v) is 12.4. The van der Waals surface area contributed by atoms with Crippen LogP contribution in [0, 0.1) is 0 Å². The summed E-state index contributed by atoms with van der Waals surface area (Å²) in [5, 5.41) is 9.75. The molecule has 0 aliphatic carbocycles. The Labute approximate surface area is 295 Å². The first kappa shape index (κ1) is 28.0. The number of rotatable bonds is 4. The van der Waals surface area contributed by atoms with Gasteiger partial charge >= 0.3 is 0 Å². The number of nitrogens with zero attached hydrogens (tertiary/aromatic N) is 1. The van der Waals surface area contributed by atoms with Gasteiger partial charge in [-0.1, -0.05) is 103 Å². The van der Waals surface area contributed by atoms with Crippen molar-refractivity contribution in [1.29, 1.82) is 0 Å². The van der Waals surface area contributed by atoms with Gasteiger partial charge in [0.1, 0.15) is 11.2 Å². The molecular weight excluding hydrogens is 647 g/mol. The molecule has 8 aromatic carbocycles. The molecular formula is C46H27NOS2. The molecule has 11 rings (SSSR count). The zero-order valence-corrected chi connectivity index (χ0v) is 28.4. The van der Waals surface area contributed by atoms with Gasteiger partial charge in [-0.15, -0.1) is 22.7 Å². The van der Waals surface area contributed by atoms with Gasteiger partial charge in [-0.2, -0.15) is 0 Å². The lowest BCUT2D eigenvalue weighted by atomic mass is 10.0. The van der Waals surface area contributed by atoms with Crippen molar-refractivity contribution in [1.82, 2.24) is 0 Å². The fraction of sp³-hybridized carbons (Fsp3) is 0. The van der Waals surface area contributed by atoms with E-state index in [1.807, 2.05) is 22.7 Å². The average molecular weight is 674 g/mol. The van der Waals surface area contributed by atoms with Gasteiger partial charge in [0, 0.05) is 73.6 Å². The van der Waals surface area contributed by atoms with Crippen LogP contribution in [0.15, 0.2) is 168 Å². The van der Waals surface area contributed by atoms with Crippen molar-refractivity contribution in [2.75, 3.05) is 4.90 Å². The first-order valence-corrected chi connectivity index (χ1v) is 18.5. The Morgan fingerprint density at radius 3 is 2.00 bits per heavy atom. The number of anilines is 3. The molecule has 0 spiro atoms. The summed E-state index contributed by atoms with van der Waals surface area (Å²) in [6.07, 6.45) is 0. The van der Waals surface area contributed by atoms with Crippen LogP contribution in [-0.2, 0) is 0 Å². The molecule has 4 heteroatoms. The van der Waals surface area contributed by atoms with Crippen molar-refractivity contribution in [3.8, 4) is 11.1 Å². The summed E-state index contributed by atoms with van der Waals surface area (Å²) in [4.78, 5) is 2.36. The lowest BCUT2D eigenvalue weighted by Crippen LogP contribution is -2.09. The van der Waals surface area contributed by atoms with Gasteiger partial charge in [-0.05, 0) is 77.2 Å². The van der Waals surface area contributed by atoms with Gasteiger partial charge in [-0.3, -0.25) is 0 Å². The maximum atomic E-state index is 6.75. The summed E-state index contributed by atoms with van der Waals surface area (Å²) in [6.45, 7) is 0. The molecule has 11 aromatic rings. The Kier molecular flexibility index (Phi) is 6.03. The number of thiophene rings is 2. The molecule has 0 saturated carbocycles. The number of hydrogen-bond donors (Lipinski definition) is 0. The van der Waals surface area contributed by atoms with Gasteiger partial charge in [-0.25, -0.2) is 0 Å². The normalized spacial score (nSPS) is 12.0. The molecule has 0 amide bonds. The highest BCUT2D eigenvalue weighted by Crippen LogP contribution is 2.46. The zero-order chi connectivity index (χ0) is 32.8. The largest absolute Gasteiger partial charge is 0.455 e. The Morgan fingerprint density at radius 1 is 0.400 bits per heavy atom. The highest BCUT2D eigenvalue weighted by molar-refractivity contribution is 7.26. The molecule has 0 atom stereocenters. The van der Waals surface area contributed by atoms with E-state index in [4.69, 9.17) is 4.42 Å². The van der Waals surface area contributed by atoms with Crippen LogP contribution in [0.3, 0.4) is 0 Å². The van der Waals surface area contributed by atoms with Crippen LogP contribution in [0.25, 0.3) is 84.2 Å². The van der Waals surface area contributed by atoms with Crippen LogP contribution in [-0.4, -0.2) is 0 Å². The van der Waals surface area contributed by atoms with Crippen molar-refractivity contribution in [2.24, 2.45) is 0 Å². The Bertz CT molecular complexity index is 3090. The molecule has 0 fully saturated rings. The van der Waals surface area contributed by atoms with Gasteiger partial charge in [0.05, 0.1) is 0 Å². The van der Waals surface area contributed by atoms with Gasteiger partial charge in [0.15, 0.2) is 0 Å². The number of fused-ring (bicyclic) bond motifs is 12. The first-order chi connectivity index (χ1) is 24.8. The fourth-order valence-electron chi connectivity index (χ4n) is 7.74. The smallest absolute Gasteiger partial charge is 0.144 e. The van der Waals surface area contributed by atoms with E-state index >= 15 is 0 Å². The van der Waals surface area contributed by atoms with E-state index in [9.17, 15) is 0 Å². The topological polar surface area (TPSA) is 16.4 Å². The van der Waals surface area contributed by atoms with E-state index in [0.717, 1.165) is 33.6 Å². The number of para-hydroxylation sites is 1. The predicted molar refractivity (Wildman–Crippen MR) is 217 cm³/mol. The molecule has 0 radical (unpaired) electrons. The summed E-state index contributed by atoms with van der Waals surface area (Å²) in [5.41, 5.74) is 7.80. The maximum absolute atomic E-state index is 6.75. The third-order valence-electron chi connectivity index (χ3n) is 10.1. The maximum Gasteiger partial charge on any atom is 0.144 e. The monoisotopic (exact) mass is 673 g/mol. The standard InChI is InChI=1S/C46H27NOS2/c1-2-10-30(11-3-1)47(31-20-17-29(18-21-31)34-14-8-15-38-35-13-6-7-16-40(35)50-46(34)38)32-22-24-39-42(27-32)49-41-26-25-37-36-23-19-28-9-4-5-12-33(28)44(36)48-45(37)43(39)41/h1-27H. The summed E-state index contributed by atoms with van der Waals surface area (Å²) in [5.74, 6) is 0. The SMILES string of the molecule is c1ccc(N(c2ccc(-c3cccc4c3sc3ccccc34)cc2)c2ccc3c(c2)sc2ccc4c5ccc6ccccc6c5oc4c23)cc1. The third kappa shape index (κ3) is 4.13. The minimum Gasteiger partial charge on any atom is -0.455 e. The number of benzene rings is 8. The first-order valence-electron chi connectivity index (χ1n) is 16.8. The van der Waals surface area contributed by atoms with Crippen molar-refractivity contribution < 1.29 is 4.42 Å². The number of furan rings is 1. The average Bonchev–Trinajstić information content (AvgIpc) is 3.87. The molecule has 0 bridgehead atoms. The molecule has 0 unspecified atom stereocenters. The summed E-state index contributed by atoms with van der Waals surface area (Å²) in [7, 11) is 0. The fourth-order valence-corrected chi connectivity index (χ4v) is 10.1. The molecule has 3 heterocycles. The second-order valence-corrected chi connectivity index (χ2v) is 15.0. The summed E-state index contributed by atoms with van der Waals surface area (Å²) in [6, 6.07) is 59.3. The second kappa shape index (κ2) is 10.8. The lowest BCUT2D eigenvalue weighted by molar-refractivity contribution is 0.677. The van der Waals surface area contributed by atoms with E-state index in [1.165, 1.54) is 67.6 Å². The highest BCUT2D eigenvalue weighted by atomic mass is 32.1. The minimum atomic E-state index is 0.962. The Hall–Kier alpha value is -5.94. The van der Waals surface area contributed by atoms with Crippen LogP contribution in [0.2, 0.25) is 0 Å². The molecule has 234 valence electrons. The van der Waals surface area contributed by atoms with E-state index in [2.05, 4.69) is 169 Å². The molecule has 3 aromatic heterocycles. The quantitative estimate of drug-likeness (QED) is 0.185. The Morgan fingerprint density at radius 2 is 1.10 bits per heavy atom. The van der Waals surface area contributed by atoms with Crippen LogP contribution >= 0.6 is 22.7 Å². The molecule has 2 nitrogen and oxygen atoms in total. The predicted octanol–water partition coefficient (Wildman–Crippen LogP) is 14.6.